The first kappa shape index (κ1) is 41.7. The zero-order valence-electron chi connectivity index (χ0n) is 35.2. The Balaban J connectivity index is 0.770. The van der Waals surface area contributed by atoms with Crippen molar-refractivity contribution in [2.24, 2.45) is 7.05 Å². The van der Waals surface area contributed by atoms with Crippen molar-refractivity contribution in [3.8, 4) is 23.0 Å². The molecule has 4 aliphatic rings. The molecule has 0 aliphatic carbocycles. The second-order valence-corrected chi connectivity index (χ2v) is 16.1. The minimum Gasteiger partial charge on any atom is -0.493 e. The van der Waals surface area contributed by atoms with Crippen LogP contribution < -0.4 is 29.3 Å². The van der Waals surface area contributed by atoms with Gasteiger partial charge in [-0.1, -0.05) is 18.2 Å². The summed E-state index contributed by atoms with van der Waals surface area (Å²) in [5.74, 6) is -0.868. The number of halogens is 2. The summed E-state index contributed by atoms with van der Waals surface area (Å²) < 4.78 is 50.6. The van der Waals surface area contributed by atoms with Gasteiger partial charge in [0.05, 0.1) is 49.5 Å². The molecule has 0 spiro atoms. The number of nitrogens with one attached hydrogen (secondary N) is 1. The molecule has 18 heteroatoms. The Morgan fingerprint density at radius 1 is 0.825 bits per heavy atom. The monoisotopic (exact) mass is 863 g/mol. The summed E-state index contributed by atoms with van der Waals surface area (Å²) in [6.45, 7) is 4.83. The van der Waals surface area contributed by atoms with Crippen molar-refractivity contribution in [3.63, 3.8) is 0 Å². The fraction of sp³-hybridized carbons (Fsp3) is 0.378. The molecule has 5 amide bonds. The molecule has 2 aromatic heterocycles. The molecule has 63 heavy (non-hydrogen) atoms. The summed E-state index contributed by atoms with van der Waals surface area (Å²) in [7, 11) is 3.32. The molecule has 328 valence electrons. The van der Waals surface area contributed by atoms with E-state index in [9.17, 15) is 19.2 Å². The Hall–Kier alpha value is -6.66. The highest BCUT2D eigenvalue weighted by Gasteiger charge is 2.48. The summed E-state index contributed by atoms with van der Waals surface area (Å²) in [6, 6.07) is 18.3. The average Bonchev–Trinajstić information content (AvgIpc) is 3.71. The largest absolute Gasteiger partial charge is 0.493 e. The molecule has 1 N–H and O–H groups in total. The average molecular weight is 864 g/mol. The number of ether oxygens (including phenoxy) is 3. The highest BCUT2D eigenvalue weighted by atomic mass is 19.3. The number of anilines is 2. The predicted octanol–water partition coefficient (Wildman–Crippen LogP) is 5.44. The van der Waals surface area contributed by atoms with Gasteiger partial charge in [0.2, 0.25) is 5.91 Å². The molecule has 0 saturated carbocycles. The topological polar surface area (TPSA) is 155 Å². The number of aromatic nitrogens is 3. The molecule has 16 nitrogen and oxygen atoms in total. The fourth-order valence-corrected chi connectivity index (χ4v) is 8.91. The maximum Gasteiger partial charge on any atom is 0.329 e. The van der Waals surface area contributed by atoms with Crippen molar-refractivity contribution in [1.29, 1.82) is 0 Å². The summed E-state index contributed by atoms with van der Waals surface area (Å²) in [5.41, 5.74) is 2.85. The van der Waals surface area contributed by atoms with E-state index in [0.717, 1.165) is 16.5 Å². The van der Waals surface area contributed by atoms with Crippen LogP contribution in [0.5, 0.6) is 23.0 Å². The number of methoxy groups -OCH3 is 1. The number of piperazine rings is 1. The van der Waals surface area contributed by atoms with Gasteiger partial charge in [0.15, 0.2) is 17.3 Å². The first-order valence-corrected chi connectivity index (χ1v) is 21.0. The number of benzene rings is 3. The number of imide groups is 2. The van der Waals surface area contributed by atoms with Gasteiger partial charge < -0.3 is 19.1 Å². The van der Waals surface area contributed by atoms with Crippen LogP contribution in [-0.2, 0) is 24.9 Å². The molecule has 1 atom stereocenters. The number of hydrogen-bond donors (Lipinski definition) is 1. The first-order valence-electron chi connectivity index (χ1n) is 21.0. The number of alkyl halides is 2. The number of amides is 5. The standard InChI is InChI=1S/C45H47F2N9O7/c1-4-62-37-21-29(7-12-36(37)61-3)26-56-42(58)33-23-39(48-24-34(33)43(56)59)54-19-17-53(18-20-54)38-13-15-52(27-45(38,46)47)25-28-5-8-30(9-6-28)63-31-10-11-32-35(22-31)51(2)50-41(32)55-16-14-40(57)49-44(55)60/h5-12,21-24,38H,4,13-20,25-27H2,1-3H3,(H,49,57,60). The zero-order valence-corrected chi connectivity index (χ0v) is 35.2. The number of carbonyl (C=O) groups excluding carboxylic acids is 4. The summed E-state index contributed by atoms with van der Waals surface area (Å²) in [6.07, 6.45) is 1.95. The lowest BCUT2D eigenvalue weighted by atomic mass is 9.97. The number of pyridine rings is 1. The molecule has 3 saturated heterocycles. The normalized spacial score (nSPS) is 19.4. The lowest BCUT2D eigenvalue weighted by Gasteiger charge is -2.46. The number of hydrogen-bond acceptors (Lipinski definition) is 12. The van der Waals surface area contributed by atoms with Crippen LogP contribution in [0.3, 0.4) is 0 Å². The third-order valence-electron chi connectivity index (χ3n) is 12.1. The van der Waals surface area contributed by atoms with Crippen molar-refractivity contribution < 1.29 is 42.2 Å². The quantitative estimate of drug-likeness (QED) is 0.159. The number of rotatable bonds is 12. The van der Waals surface area contributed by atoms with Crippen molar-refractivity contribution in [3.05, 3.63) is 95.2 Å². The van der Waals surface area contributed by atoms with Gasteiger partial charge in [-0.05, 0) is 66.9 Å². The molecule has 3 aromatic carbocycles. The van der Waals surface area contributed by atoms with Crippen molar-refractivity contribution in [2.75, 3.05) is 69.3 Å². The highest BCUT2D eigenvalue weighted by molar-refractivity contribution is 6.21. The number of nitrogens with zero attached hydrogens (tertiary/aromatic N) is 8. The third kappa shape index (κ3) is 8.23. The van der Waals surface area contributed by atoms with Gasteiger partial charge in [-0.3, -0.25) is 44.0 Å². The fourth-order valence-electron chi connectivity index (χ4n) is 8.91. The summed E-state index contributed by atoms with van der Waals surface area (Å²) in [5, 5.41) is 7.59. The van der Waals surface area contributed by atoms with Crippen LogP contribution in [0.15, 0.2) is 72.9 Å². The Kier molecular flexibility index (Phi) is 11.2. The SMILES string of the molecule is CCOc1cc(CN2C(=O)c3cnc(N4CCN(C5CCN(Cc6ccc(Oc7ccc8c(N9CCC(=O)NC9=O)nn(C)c8c7)cc6)CC5(F)F)CC4)cc3C2=O)ccc1OC. The van der Waals surface area contributed by atoms with Crippen molar-refractivity contribution >= 4 is 46.3 Å². The van der Waals surface area contributed by atoms with Gasteiger partial charge in [-0.25, -0.2) is 18.6 Å². The lowest BCUT2D eigenvalue weighted by molar-refractivity contribution is -0.129. The zero-order chi connectivity index (χ0) is 44.0. The van der Waals surface area contributed by atoms with E-state index in [1.54, 1.807) is 54.1 Å². The Bertz CT molecular complexity index is 2600. The molecule has 1 unspecified atom stereocenters. The maximum atomic E-state index is 15.9. The van der Waals surface area contributed by atoms with Crippen LogP contribution >= 0.6 is 0 Å². The van der Waals surface area contributed by atoms with E-state index < -0.39 is 29.8 Å². The minimum absolute atomic E-state index is 0.0581. The summed E-state index contributed by atoms with van der Waals surface area (Å²) in [4.78, 5) is 63.7. The van der Waals surface area contributed by atoms with E-state index in [0.29, 0.717) is 92.5 Å². The van der Waals surface area contributed by atoms with Gasteiger partial charge in [0, 0.05) is 76.9 Å². The second-order valence-electron chi connectivity index (χ2n) is 16.1. The number of piperidine rings is 1. The van der Waals surface area contributed by atoms with Gasteiger partial charge in [0.25, 0.3) is 17.7 Å². The smallest absolute Gasteiger partial charge is 0.329 e. The molecule has 3 fully saturated rings. The maximum absolute atomic E-state index is 15.9. The van der Waals surface area contributed by atoms with Gasteiger partial charge in [-0.15, -0.1) is 0 Å². The van der Waals surface area contributed by atoms with Crippen LogP contribution in [0, 0.1) is 0 Å². The van der Waals surface area contributed by atoms with Gasteiger partial charge in [-0.2, -0.15) is 5.10 Å². The van der Waals surface area contributed by atoms with Crippen LogP contribution in [-0.4, -0.2) is 125 Å². The Morgan fingerprint density at radius 2 is 1.57 bits per heavy atom. The number of carbonyl (C=O) groups is 4. The molecular formula is C45H47F2N9O7. The lowest BCUT2D eigenvalue weighted by Crippen LogP contribution is -2.61. The van der Waals surface area contributed by atoms with Crippen LogP contribution in [0.25, 0.3) is 10.9 Å². The molecule has 4 aliphatic heterocycles. The second kappa shape index (κ2) is 16.9. The van der Waals surface area contributed by atoms with E-state index in [-0.39, 0.29) is 43.1 Å². The van der Waals surface area contributed by atoms with E-state index in [2.05, 4.69) is 15.4 Å². The van der Waals surface area contributed by atoms with E-state index >= 15 is 8.78 Å². The Morgan fingerprint density at radius 3 is 2.30 bits per heavy atom. The molecule has 9 rings (SSSR count). The summed E-state index contributed by atoms with van der Waals surface area (Å²) >= 11 is 0. The number of likely N-dealkylation sites (tertiary alicyclic amines) is 1. The molecular weight excluding hydrogens is 817 g/mol. The number of aryl methyl sites for hydroxylation is 1. The molecule has 6 heterocycles. The van der Waals surface area contributed by atoms with Crippen molar-refractivity contribution in [2.45, 2.75) is 44.8 Å². The predicted molar refractivity (Wildman–Crippen MR) is 228 cm³/mol. The van der Waals surface area contributed by atoms with Gasteiger partial charge in [0.1, 0.15) is 17.3 Å². The minimum atomic E-state index is -2.93. The van der Waals surface area contributed by atoms with Crippen LogP contribution in [0.2, 0.25) is 0 Å². The van der Waals surface area contributed by atoms with Gasteiger partial charge >= 0.3 is 6.03 Å². The third-order valence-corrected chi connectivity index (χ3v) is 12.1. The van der Waals surface area contributed by atoms with E-state index in [4.69, 9.17) is 14.2 Å². The van der Waals surface area contributed by atoms with Crippen LogP contribution in [0.1, 0.15) is 51.6 Å². The number of fused-ring (bicyclic) bond motifs is 2. The molecule has 0 bridgehead atoms. The highest BCUT2D eigenvalue weighted by Crippen LogP contribution is 2.36. The first-order chi connectivity index (χ1) is 30.4. The van der Waals surface area contributed by atoms with Crippen molar-refractivity contribution in [1.82, 2.24) is 34.8 Å². The molecule has 0 radical (unpaired) electrons. The van der Waals surface area contributed by atoms with Crippen LogP contribution in [0.4, 0.5) is 25.2 Å². The number of urea groups is 1. The van der Waals surface area contributed by atoms with E-state index in [1.807, 2.05) is 53.1 Å². The Labute approximate surface area is 361 Å². The van der Waals surface area contributed by atoms with E-state index in [1.165, 1.54) is 16.0 Å². The molecule has 5 aromatic rings.